The molecule has 2 aromatic rings. The van der Waals surface area contributed by atoms with Gasteiger partial charge in [0.15, 0.2) is 0 Å². The van der Waals surface area contributed by atoms with Crippen LogP contribution in [0.3, 0.4) is 0 Å². The van der Waals surface area contributed by atoms with E-state index in [1.807, 2.05) is 26.0 Å². The highest BCUT2D eigenvalue weighted by atomic mass is 16.3. The first-order valence-electron chi connectivity index (χ1n) is 7.40. The summed E-state index contributed by atoms with van der Waals surface area (Å²) in [5.41, 5.74) is 6.82. The Morgan fingerprint density at radius 2 is 1.91 bits per heavy atom. The fourth-order valence-corrected chi connectivity index (χ4v) is 2.21. The maximum atomic E-state index is 11.9. The van der Waals surface area contributed by atoms with Gasteiger partial charge >= 0.3 is 0 Å². The van der Waals surface area contributed by atoms with Crippen molar-refractivity contribution in [2.45, 2.75) is 20.8 Å². The molecule has 0 atom stereocenters. The van der Waals surface area contributed by atoms with Crippen molar-refractivity contribution in [1.29, 1.82) is 0 Å². The minimum absolute atomic E-state index is 0.126. The number of hydrazone groups is 1. The van der Waals surface area contributed by atoms with Crippen molar-refractivity contribution in [2.24, 2.45) is 5.10 Å². The fraction of sp³-hybridized carbons (Fsp3) is 0.222. The molecule has 23 heavy (non-hydrogen) atoms. The van der Waals surface area contributed by atoms with Crippen LogP contribution in [-0.2, 0) is 4.79 Å². The average Bonchev–Trinajstić information content (AvgIpc) is 2.52. The highest BCUT2D eigenvalue weighted by Crippen LogP contribution is 2.16. The summed E-state index contributed by atoms with van der Waals surface area (Å²) in [7, 11) is 0. The van der Waals surface area contributed by atoms with Gasteiger partial charge in [0.1, 0.15) is 5.75 Å². The average molecular weight is 311 g/mol. The zero-order valence-corrected chi connectivity index (χ0v) is 13.6. The number of rotatable bonds is 5. The number of benzene rings is 2. The maximum Gasteiger partial charge on any atom is 0.259 e. The molecular formula is C18H21N3O2. The standard InChI is InChI=1S/C18H21N3O2/c1-12-8-9-16(13(2)10-12)19-11-18(23)21-20-14(3)15-6-4-5-7-17(15)22/h4-10,19,22H,11H2,1-3H3,(H,21,23). The summed E-state index contributed by atoms with van der Waals surface area (Å²) in [5, 5.41) is 16.9. The Bertz CT molecular complexity index is 739. The van der Waals surface area contributed by atoms with E-state index < -0.39 is 0 Å². The van der Waals surface area contributed by atoms with Crippen molar-refractivity contribution in [3.05, 3.63) is 59.2 Å². The number of anilines is 1. The molecule has 120 valence electrons. The topological polar surface area (TPSA) is 73.7 Å². The quantitative estimate of drug-likeness (QED) is 0.587. The molecule has 0 aliphatic carbocycles. The molecule has 5 heteroatoms. The SMILES string of the molecule is CC(=NNC(=O)CNc1ccc(C)cc1C)c1ccccc1O. The van der Waals surface area contributed by atoms with Gasteiger partial charge in [-0.1, -0.05) is 29.8 Å². The first-order valence-corrected chi connectivity index (χ1v) is 7.40. The van der Waals surface area contributed by atoms with Crippen LogP contribution in [0.15, 0.2) is 47.6 Å². The minimum Gasteiger partial charge on any atom is -0.507 e. The molecule has 0 spiro atoms. The van der Waals surface area contributed by atoms with Gasteiger partial charge in [0.25, 0.3) is 5.91 Å². The smallest absolute Gasteiger partial charge is 0.259 e. The largest absolute Gasteiger partial charge is 0.507 e. The van der Waals surface area contributed by atoms with Gasteiger partial charge in [-0.25, -0.2) is 5.43 Å². The third-order valence-electron chi connectivity index (χ3n) is 3.46. The van der Waals surface area contributed by atoms with Crippen LogP contribution in [0, 0.1) is 13.8 Å². The highest BCUT2D eigenvalue weighted by molar-refractivity contribution is 6.01. The van der Waals surface area contributed by atoms with Crippen LogP contribution in [0.4, 0.5) is 5.69 Å². The predicted octanol–water partition coefficient (Wildman–Crippen LogP) is 2.96. The van der Waals surface area contributed by atoms with E-state index in [1.165, 1.54) is 5.56 Å². The van der Waals surface area contributed by atoms with Crippen LogP contribution in [0.1, 0.15) is 23.6 Å². The molecule has 5 nitrogen and oxygen atoms in total. The molecule has 2 aromatic carbocycles. The number of phenols is 1. The molecule has 0 unspecified atom stereocenters. The van der Waals surface area contributed by atoms with Crippen LogP contribution >= 0.6 is 0 Å². The van der Waals surface area contributed by atoms with Crippen LogP contribution in [0.25, 0.3) is 0 Å². The lowest BCUT2D eigenvalue weighted by Gasteiger charge is -2.09. The van der Waals surface area contributed by atoms with Gasteiger partial charge in [0.2, 0.25) is 0 Å². The van der Waals surface area contributed by atoms with E-state index >= 15 is 0 Å². The summed E-state index contributed by atoms with van der Waals surface area (Å²) in [6.07, 6.45) is 0. The molecular weight excluding hydrogens is 290 g/mol. The molecule has 0 saturated heterocycles. The number of hydrogen-bond acceptors (Lipinski definition) is 4. The number of para-hydroxylation sites is 1. The van der Waals surface area contributed by atoms with E-state index in [1.54, 1.807) is 31.2 Å². The molecule has 0 fully saturated rings. The highest BCUT2D eigenvalue weighted by Gasteiger charge is 2.05. The van der Waals surface area contributed by atoms with Crippen molar-refractivity contribution in [1.82, 2.24) is 5.43 Å². The summed E-state index contributed by atoms with van der Waals surface area (Å²) < 4.78 is 0. The first kappa shape index (κ1) is 16.5. The zero-order valence-electron chi connectivity index (χ0n) is 13.6. The minimum atomic E-state index is -0.250. The molecule has 0 aromatic heterocycles. The Balaban J connectivity index is 1.92. The summed E-state index contributed by atoms with van der Waals surface area (Å²) in [5.74, 6) is -0.115. The lowest BCUT2D eigenvalue weighted by atomic mass is 10.1. The van der Waals surface area contributed by atoms with E-state index in [0.717, 1.165) is 11.3 Å². The van der Waals surface area contributed by atoms with E-state index in [0.29, 0.717) is 11.3 Å². The number of amides is 1. The van der Waals surface area contributed by atoms with Crippen LogP contribution in [0.2, 0.25) is 0 Å². The number of aryl methyl sites for hydroxylation is 2. The monoisotopic (exact) mass is 311 g/mol. The summed E-state index contributed by atoms with van der Waals surface area (Å²) in [6, 6.07) is 12.9. The van der Waals surface area contributed by atoms with E-state index in [4.69, 9.17) is 0 Å². The van der Waals surface area contributed by atoms with E-state index in [-0.39, 0.29) is 18.2 Å². The molecule has 3 N–H and O–H groups in total. The van der Waals surface area contributed by atoms with Gasteiger partial charge in [0, 0.05) is 11.3 Å². The van der Waals surface area contributed by atoms with Crippen molar-refractivity contribution in [2.75, 3.05) is 11.9 Å². The third-order valence-corrected chi connectivity index (χ3v) is 3.46. The molecule has 0 aliphatic heterocycles. The lowest BCUT2D eigenvalue weighted by molar-refractivity contribution is -0.119. The number of nitrogens with one attached hydrogen (secondary N) is 2. The molecule has 2 rings (SSSR count). The number of nitrogens with zero attached hydrogens (tertiary/aromatic N) is 1. The Morgan fingerprint density at radius 1 is 1.17 bits per heavy atom. The fourth-order valence-electron chi connectivity index (χ4n) is 2.21. The normalized spacial score (nSPS) is 11.2. The van der Waals surface area contributed by atoms with Gasteiger partial charge < -0.3 is 10.4 Å². The second-order valence-corrected chi connectivity index (χ2v) is 5.42. The van der Waals surface area contributed by atoms with E-state index in [2.05, 4.69) is 21.9 Å². The Kier molecular flexibility index (Phi) is 5.36. The van der Waals surface area contributed by atoms with Gasteiger partial charge in [-0.15, -0.1) is 0 Å². The van der Waals surface area contributed by atoms with Crippen LogP contribution in [-0.4, -0.2) is 23.3 Å². The lowest BCUT2D eigenvalue weighted by Crippen LogP contribution is -2.27. The number of carbonyl (C=O) groups excluding carboxylic acids is 1. The zero-order chi connectivity index (χ0) is 16.8. The maximum absolute atomic E-state index is 11.9. The van der Waals surface area contributed by atoms with Crippen molar-refractivity contribution in [3.63, 3.8) is 0 Å². The molecule has 0 radical (unpaired) electrons. The van der Waals surface area contributed by atoms with E-state index in [9.17, 15) is 9.90 Å². The molecule has 0 bridgehead atoms. The number of aromatic hydroxyl groups is 1. The third kappa shape index (κ3) is 4.57. The van der Waals surface area contributed by atoms with Crippen molar-refractivity contribution < 1.29 is 9.90 Å². The van der Waals surface area contributed by atoms with Crippen LogP contribution in [0.5, 0.6) is 5.75 Å². The van der Waals surface area contributed by atoms with Crippen LogP contribution < -0.4 is 10.7 Å². The Hall–Kier alpha value is -2.82. The summed E-state index contributed by atoms with van der Waals surface area (Å²) >= 11 is 0. The summed E-state index contributed by atoms with van der Waals surface area (Å²) in [6.45, 7) is 5.88. The Labute approximate surface area is 136 Å². The van der Waals surface area contributed by atoms with Gasteiger partial charge in [-0.05, 0) is 44.5 Å². The molecule has 0 aliphatic rings. The van der Waals surface area contributed by atoms with Gasteiger partial charge in [0.05, 0.1) is 12.3 Å². The molecule has 0 heterocycles. The number of phenolic OH excluding ortho intramolecular Hbond substituents is 1. The molecule has 1 amide bonds. The Morgan fingerprint density at radius 3 is 2.61 bits per heavy atom. The summed E-state index contributed by atoms with van der Waals surface area (Å²) in [4.78, 5) is 11.9. The van der Waals surface area contributed by atoms with Gasteiger partial charge in [-0.2, -0.15) is 5.10 Å². The number of carbonyl (C=O) groups is 1. The molecule has 0 saturated carbocycles. The van der Waals surface area contributed by atoms with Crippen molar-refractivity contribution in [3.8, 4) is 5.75 Å². The first-order chi connectivity index (χ1) is 11.0. The second kappa shape index (κ2) is 7.45. The second-order valence-electron chi connectivity index (χ2n) is 5.42. The van der Waals surface area contributed by atoms with Crippen molar-refractivity contribution >= 4 is 17.3 Å². The number of hydrogen-bond donors (Lipinski definition) is 3. The van der Waals surface area contributed by atoms with Gasteiger partial charge in [-0.3, -0.25) is 4.79 Å². The predicted molar refractivity (Wildman–Crippen MR) is 92.9 cm³/mol.